The second-order valence-corrected chi connectivity index (χ2v) is 5.17. The summed E-state index contributed by atoms with van der Waals surface area (Å²) < 4.78 is 0. The van der Waals surface area contributed by atoms with Crippen molar-refractivity contribution >= 4 is 17.6 Å². The smallest absolute Gasteiger partial charge is 0.336 e. The molecule has 5 nitrogen and oxygen atoms in total. The van der Waals surface area contributed by atoms with E-state index in [1.54, 1.807) is 13.0 Å². The van der Waals surface area contributed by atoms with Gasteiger partial charge in [0, 0.05) is 5.69 Å². The van der Waals surface area contributed by atoms with Gasteiger partial charge in [0.1, 0.15) is 0 Å². The Morgan fingerprint density at radius 1 is 1.35 bits per heavy atom. The summed E-state index contributed by atoms with van der Waals surface area (Å²) in [6, 6.07) is 2.62. The predicted octanol–water partition coefficient (Wildman–Crippen LogP) is 2.31. The van der Waals surface area contributed by atoms with Gasteiger partial charge in [-0.15, -0.1) is 0 Å². The van der Waals surface area contributed by atoms with E-state index in [1.807, 2.05) is 20.8 Å². The van der Waals surface area contributed by atoms with E-state index in [9.17, 15) is 9.59 Å². The third kappa shape index (κ3) is 3.57. The lowest BCUT2D eigenvalue weighted by molar-refractivity contribution is -0.118. The number of nitrogens with two attached hydrogens (primary N) is 1. The highest BCUT2D eigenvalue weighted by Gasteiger charge is 2.20. The molecule has 5 heteroatoms. The van der Waals surface area contributed by atoms with Gasteiger partial charge in [-0.05, 0) is 43.0 Å². The van der Waals surface area contributed by atoms with Gasteiger partial charge in [0.25, 0.3) is 0 Å². The lowest BCUT2D eigenvalue weighted by atomic mass is 9.98. The molecule has 0 bridgehead atoms. The van der Waals surface area contributed by atoms with Gasteiger partial charge < -0.3 is 16.2 Å². The number of aromatic carboxylic acids is 1. The highest BCUT2D eigenvalue weighted by atomic mass is 16.4. The van der Waals surface area contributed by atoms with E-state index in [1.165, 1.54) is 6.07 Å². The minimum Gasteiger partial charge on any atom is -0.478 e. The topological polar surface area (TPSA) is 92.4 Å². The monoisotopic (exact) mass is 278 g/mol. The molecule has 0 aliphatic rings. The van der Waals surface area contributed by atoms with Crippen LogP contribution in [-0.2, 0) is 4.79 Å². The Balaban J connectivity index is 2.99. The molecule has 1 aromatic carbocycles. The fourth-order valence-corrected chi connectivity index (χ4v) is 1.89. The fourth-order valence-electron chi connectivity index (χ4n) is 1.89. The van der Waals surface area contributed by atoms with E-state index in [0.29, 0.717) is 11.3 Å². The van der Waals surface area contributed by atoms with Crippen molar-refractivity contribution < 1.29 is 14.7 Å². The van der Waals surface area contributed by atoms with E-state index >= 15 is 0 Å². The largest absolute Gasteiger partial charge is 0.478 e. The molecule has 0 saturated carbocycles. The number of carboxylic acid groups (broad SMARTS) is 1. The maximum absolute atomic E-state index is 12.0. The first-order chi connectivity index (χ1) is 9.27. The molecule has 20 heavy (non-hydrogen) atoms. The molecular weight excluding hydrogens is 256 g/mol. The molecule has 0 saturated heterocycles. The van der Waals surface area contributed by atoms with Crippen molar-refractivity contribution in [2.24, 2.45) is 11.7 Å². The maximum atomic E-state index is 12.0. The second kappa shape index (κ2) is 6.52. The average molecular weight is 278 g/mol. The molecule has 1 rings (SSSR count). The van der Waals surface area contributed by atoms with Gasteiger partial charge in [-0.25, -0.2) is 4.79 Å². The Labute approximate surface area is 119 Å². The van der Waals surface area contributed by atoms with Crippen LogP contribution < -0.4 is 11.1 Å². The zero-order valence-corrected chi connectivity index (χ0v) is 12.4. The third-order valence-electron chi connectivity index (χ3n) is 3.73. The van der Waals surface area contributed by atoms with Crippen LogP contribution in [0.3, 0.4) is 0 Å². The van der Waals surface area contributed by atoms with E-state index in [2.05, 4.69) is 5.32 Å². The van der Waals surface area contributed by atoms with Crippen LogP contribution in [0.5, 0.6) is 0 Å². The number of amides is 1. The third-order valence-corrected chi connectivity index (χ3v) is 3.73. The van der Waals surface area contributed by atoms with E-state index in [0.717, 1.165) is 12.0 Å². The molecule has 0 spiro atoms. The van der Waals surface area contributed by atoms with Gasteiger partial charge in [-0.2, -0.15) is 0 Å². The molecule has 0 aromatic heterocycles. The number of hydrogen-bond donors (Lipinski definition) is 3. The van der Waals surface area contributed by atoms with Crippen molar-refractivity contribution in [2.45, 2.75) is 40.2 Å². The minimum atomic E-state index is -1.01. The molecule has 4 N–H and O–H groups in total. The van der Waals surface area contributed by atoms with Crippen LogP contribution in [0.2, 0.25) is 0 Å². The average Bonchev–Trinajstić information content (AvgIpc) is 2.40. The molecular formula is C15H22N2O3. The quantitative estimate of drug-likeness (QED) is 0.770. The first-order valence-corrected chi connectivity index (χ1v) is 6.68. The summed E-state index contributed by atoms with van der Waals surface area (Å²) >= 11 is 0. The standard InChI is InChI=1S/C15H22N2O3/c1-5-8(2)13(16)14(18)17-11-6-9(3)10(4)12(7-11)15(19)20/h6-8,13H,5,16H2,1-4H3,(H,17,18)(H,19,20). The molecule has 2 atom stereocenters. The summed E-state index contributed by atoms with van der Waals surface area (Å²) in [7, 11) is 0. The fraction of sp³-hybridized carbons (Fsp3) is 0.467. The number of carbonyl (C=O) groups is 2. The van der Waals surface area contributed by atoms with Crippen molar-refractivity contribution in [1.29, 1.82) is 0 Å². The van der Waals surface area contributed by atoms with Gasteiger partial charge >= 0.3 is 5.97 Å². The van der Waals surface area contributed by atoms with Crippen molar-refractivity contribution in [1.82, 2.24) is 0 Å². The number of rotatable bonds is 5. The summed E-state index contributed by atoms with van der Waals surface area (Å²) in [5.74, 6) is -1.23. The molecule has 1 aromatic rings. The number of benzene rings is 1. The second-order valence-electron chi connectivity index (χ2n) is 5.17. The Hall–Kier alpha value is -1.88. The summed E-state index contributed by atoms with van der Waals surface area (Å²) in [6.45, 7) is 7.44. The Morgan fingerprint density at radius 3 is 2.45 bits per heavy atom. The number of carboxylic acids is 1. The molecule has 0 aliphatic carbocycles. The van der Waals surface area contributed by atoms with Gasteiger partial charge in [0.2, 0.25) is 5.91 Å². The highest BCUT2D eigenvalue weighted by Crippen LogP contribution is 2.20. The number of anilines is 1. The molecule has 2 unspecified atom stereocenters. The van der Waals surface area contributed by atoms with Crippen LogP contribution in [0, 0.1) is 19.8 Å². The first-order valence-electron chi connectivity index (χ1n) is 6.68. The van der Waals surface area contributed by atoms with Gasteiger partial charge in [0.15, 0.2) is 0 Å². The molecule has 0 fully saturated rings. The number of carbonyl (C=O) groups excluding carboxylic acids is 1. The van der Waals surface area contributed by atoms with Crippen molar-refractivity contribution in [3.8, 4) is 0 Å². The van der Waals surface area contributed by atoms with E-state index in [4.69, 9.17) is 10.8 Å². The van der Waals surface area contributed by atoms with Crippen LogP contribution in [0.15, 0.2) is 12.1 Å². The van der Waals surface area contributed by atoms with E-state index in [-0.39, 0.29) is 17.4 Å². The normalized spacial score (nSPS) is 13.7. The van der Waals surface area contributed by atoms with Gasteiger partial charge in [-0.1, -0.05) is 20.3 Å². The van der Waals surface area contributed by atoms with Crippen LogP contribution in [0.25, 0.3) is 0 Å². The van der Waals surface area contributed by atoms with E-state index < -0.39 is 12.0 Å². The summed E-state index contributed by atoms with van der Waals surface area (Å²) in [6.07, 6.45) is 0.807. The Kier molecular flexibility index (Phi) is 5.27. The number of aryl methyl sites for hydroxylation is 1. The maximum Gasteiger partial charge on any atom is 0.336 e. The SMILES string of the molecule is CCC(C)C(N)C(=O)Nc1cc(C)c(C)c(C(=O)O)c1. The van der Waals surface area contributed by atoms with Gasteiger partial charge in [-0.3, -0.25) is 4.79 Å². The molecule has 0 radical (unpaired) electrons. The summed E-state index contributed by atoms with van der Waals surface area (Å²) in [5.41, 5.74) is 8.03. The lowest BCUT2D eigenvalue weighted by Crippen LogP contribution is -2.40. The van der Waals surface area contributed by atoms with Crippen molar-refractivity contribution in [3.63, 3.8) is 0 Å². The molecule has 0 aliphatic heterocycles. The minimum absolute atomic E-state index is 0.0699. The molecule has 1 amide bonds. The van der Waals surface area contributed by atoms with Crippen LogP contribution in [0.1, 0.15) is 41.8 Å². The van der Waals surface area contributed by atoms with Crippen LogP contribution >= 0.6 is 0 Å². The molecule has 0 heterocycles. The van der Waals surface area contributed by atoms with Gasteiger partial charge in [0.05, 0.1) is 11.6 Å². The predicted molar refractivity (Wildman–Crippen MR) is 78.9 cm³/mol. The Bertz CT molecular complexity index is 526. The highest BCUT2D eigenvalue weighted by molar-refractivity contribution is 5.97. The van der Waals surface area contributed by atoms with Crippen molar-refractivity contribution in [2.75, 3.05) is 5.32 Å². The van der Waals surface area contributed by atoms with Crippen molar-refractivity contribution in [3.05, 3.63) is 28.8 Å². The zero-order chi connectivity index (χ0) is 15.4. The summed E-state index contributed by atoms with van der Waals surface area (Å²) in [4.78, 5) is 23.2. The number of nitrogens with one attached hydrogen (secondary N) is 1. The molecule has 110 valence electrons. The number of hydrogen-bond acceptors (Lipinski definition) is 3. The zero-order valence-electron chi connectivity index (χ0n) is 12.4. The first kappa shape index (κ1) is 16.2. The summed E-state index contributed by atoms with van der Waals surface area (Å²) in [5, 5.41) is 11.8. The van der Waals surface area contributed by atoms with Crippen LogP contribution in [-0.4, -0.2) is 23.0 Å². The Morgan fingerprint density at radius 2 is 1.95 bits per heavy atom. The van der Waals surface area contributed by atoms with Crippen LogP contribution in [0.4, 0.5) is 5.69 Å². The lowest BCUT2D eigenvalue weighted by Gasteiger charge is -2.18.